The summed E-state index contributed by atoms with van der Waals surface area (Å²) in [5, 5.41) is 12.0. The SMILES string of the molecule is CC(C)[C@@H](CC(=O)N(CC(=O)O)C1CC1)NC(=O)OCC1c2ccccc2-c2ccccc21. The zero-order valence-electron chi connectivity index (χ0n) is 19.0. The lowest BCUT2D eigenvalue weighted by Gasteiger charge is -2.26. The van der Waals surface area contributed by atoms with Gasteiger partial charge in [-0.25, -0.2) is 4.79 Å². The van der Waals surface area contributed by atoms with Crippen LogP contribution in [0.25, 0.3) is 11.1 Å². The van der Waals surface area contributed by atoms with Gasteiger partial charge in [-0.3, -0.25) is 9.59 Å². The van der Waals surface area contributed by atoms with E-state index in [0.717, 1.165) is 35.1 Å². The number of benzene rings is 2. The van der Waals surface area contributed by atoms with E-state index < -0.39 is 18.1 Å². The lowest BCUT2D eigenvalue weighted by atomic mass is 9.98. The molecule has 174 valence electrons. The number of nitrogens with zero attached hydrogens (tertiary/aromatic N) is 1. The summed E-state index contributed by atoms with van der Waals surface area (Å²) < 4.78 is 5.62. The van der Waals surface area contributed by atoms with E-state index in [-0.39, 0.29) is 43.4 Å². The van der Waals surface area contributed by atoms with Crippen LogP contribution in [0, 0.1) is 5.92 Å². The third kappa shape index (κ3) is 5.18. The molecule has 0 spiro atoms. The highest BCUT2D eigenvalue weighted by molar-refractivity contribution is 5.83. The topological polar surface area (TPSA) is 95.9 Å². The maximum Gasteiger partial charge on any atom is 0.407 e. The Morgan fingerprint density at radius 1 is 1.03 bits per heavy atom. The number of hydrogen-bond donors (Lipinski definition) is 2. The van der Waals surface area contributed by atoms with Gasteiger partial charge in [-0.15, -0.1) is 0 Å². The summed E-state index contributed by atoms with van der Waals surface area (Å²) in [4.78, 5) is 38.0. The second-order valence-corrected chi connectivity index (χ2v) is 9.17. The molecule has 1 saturated carbocycles. The summed E-state index contributed by atoms with van der Waals surface area (Å²) in [6.45, 7) is 3.73. The summed E-state index contributed by atoms with van der Waals surface area (Å²) in [5.41, 5.74) is 4.59. The van der Waals surface area contributed by atoms with Gasteiger partial charge in [0.1, 0.15) is 13.2 Å². The standard InChI is InChI=1S/C26H30N2O5/c1-16(2)23(13-24(29)28(14-25(30)31)17-11-12-17)27-26(32)33-15-22-20-9-5-3-7-18(20)19-8-4-6-10-21(19)22/h3-10,16-17,22-23H,11-15H2,1-2H3,(H,27,32)(H,30,31)/t23-/m1/s1. The van der Waals surface area contributed by atoms with Crippen molar-refractivity contribution in [1.29, 1.82) is 0 Å². The van der Waals surface area contributed by atoms with Crippen LogP contribution in [0.2, 0.25) is 0 Å². The van der Waals surface area contributed by atoms with E-state index in [9.17, 15) is 14.4 Å². The van der Waals surface area contributed by atoms with Crippen molar-refractivity contribution in [3.63, 3.8) is 0 Å². The summed E-state index contributed by atoms with van der Waals surface area (Å²) in [6, 6.07) is 15.8. The third-order valence-electron chi connectivity index (χ3n) is 6.46. The lowest BCUT2D eigenvalue weighted by Crippen LogP contribution is -2.45. The van der Waals surface area contributed by atoms with Crippen LogP contribution in [0.15, 0.2) is 48.5 Å². The Morgan fingerprint density at radius 2 is 1.61 bits per heavy atom. The van der Waals surface area contributed by atoms with Crippen LogP contribution in [0.3, 0.4) is 0 Å². The Kier molecular flexibility index (Phi) is 6.67. The Bertz CT molecular complexity index is 1000. The van der Waals surface area contributed by atoms with Crippen LogP contribution in [0.1, 0.15) is 50.2 Å². The summed E-state index contributed by atoms with van der Waals surface area (Å²) >= 11 is 0. The Labute approximate surface area is 193 Å². The van der Waals surface area contributed by atoms with Gasteiger partial charge in [0.05, 0.1) is 0 Å². The molecule has 2 aromatic rings. The molecular formula is C26H30N2O5. The molecule has 1 fully saturated rings. The number of alkyl carbamates (subject to hydrolysis) is 1. The lowest BCUT2D eigenvalue weighted by molar-refractivity contribution is -0.145. The number of hydrogen-bond acceptors (Lipinski definition) is 4. The number of carbonyl (C=O) groups is 3. The Hall–Kier alpha value is -3.35. The maximum atomic E-state index is 12.8. The Balaban J connectivity index is 1.38. The molecule has 2 amide bonds. The second kappa shape index (κ2) is 9.65. The predicted molar refractivity (Wildman–Crippen MR) is 124 cm³/mol. The average molecular weight is 451 g/mol. The van der Waals surface area contributed by atoms with Gasteiger partial charge in [0.15, 0.2) is 0 Å². The molecule has 7 nitrogen and oxygen atoms in total. The molecule has 0 bridgehead atoms. The van der Waals surface area contributed by atoms with Crippen molar-refractivity contribution in [3.05, 3.63) is 59.7 Å². The van der Waals surface area contributed by atoms with E-state index in [1.807, 2.05) is 38.1 Å². The molecule has 0 radical (unpaired) electrons. The minimum atomic E-state index is -1.03. The van der Waals surface area contributed by atoms with Gasteiger partial charge in [0.25, 0.3) is 0 Å². The fourth-order valence-electron chi connectivity index (χ4n) is 4.50. The van der Waals surface area contributed by atoms with E-state index >= 15 is 0 Å². The van der Waals surface area contributed by atoms with Crippen LogP contribution in [-0.4, -0.2) is 53.2 Å². The van der Waals surface area contributed by atoms with Gasteiger partial charge in [-0.1, -0.05) is 62.4 Å². The molecule has 0 heterocycles. The highest BCUT2D eigenvalue weighted by Crippen LogP contribution is 2.44. The van der Waals surface area contributed by atoms with E-state index in [4.69, 9.17) is 9.84 Å². The molecule has 2 aromatic carbocycles. The molecule has 2 aliphatic carbocycles. The second-order valence-electron chi connectivity index (χ2n) is 9.17. The van der Waals surface area contributed by atoms with Crippen molar-refractivity contribution in [3.8, 4) is 11.1 Å². The number of nitrogens with one attached hydrogen (secondary N) is 1. The minimum absolute atomic E-state index is 0.00383. The number of fused-ring (bicyclic) bond motifs is 3. The first-order valence-corrected chi connectivity index (χ1v) is 11.5. The number of aliphatic carboxylic acids is 1. The van der Waals surface area contributed by atoms with Crippen LogP contribution in [0.4, 0.5) is 4.79 Å². The number of rotatable bonds is 9. The van der Waals surface area contributed by atoms with Crippen molar-refractivity contribution in [2.24, 2.45) is 5.92 Å². The molecule has 0 saturated heterocycles. The van der Waals surface area contributed by atoms with Crippen LogP contribution in [0.5, 0.6) is 0 Å². The fourth-order valence-corrected chi connectivity index (χ4v) is 4.50. The van der Waals surface area contributed by atoms with Crippen LogP contribution in [-0.2, 0) is 14.3 Å². The van der Waals surface area contributed by atoms with E-state index in [1.165, 1.54) is 4.90 Å². The van der Waals surface area contributed by atoms with Crippen LogP contribution < -0.4 is 5.32 Å². The number of amides is 2. The molecule has 2 N–H and O–H groups in total. The third-order valence-corrected chi connectivity index (χ3v) is 6.46. The minimum Gasteiger partial charge on any atom is -0.480 e. The molecule has 7 heteroatoms. The summed E-state index contributed by atoms with van der Waals surface area (Å²) in [6.07, 6.45) is 1.13. The molecule has 33 heavy (non-hydrogen) atoms. The first-order chi connectivity index (χ1) is 15.8. The Morgan fingerprint density at radius 3 is 2.12 bits per heavy atom. The average Bonchev–Trinajstić information content (AvgIpc) is 3.58. The number of carboxylic acid groups (broad SMARTS) is 1. The molecule has 0 aliphatic heterocycles. The molecular weight excluding hydrogens is 420 g/mol. The largest absolute Gasteiger partial charge is 0.480 e. The van der Waals surface area contributed by atoms with Crippen molar-refractivity contribution >= 4 is 18.0 Å². The molecule has 0 unspecified atom stereocenters. The van der Waals surface area contributed by atoms with E-state index in [0.29, 0.717) is 0 Å². The quantitative estimate of drug-likeness (QED) is 0.602. The van der Waals surface area contributed by atoms with Gasteiger partial charge < -0.3 is 20.1 Å². The predicted octanol–water partition coefficient (Wildman–Crippen LogP) is 4.02. The monoisotopic (exact) mass is 450 g/mol. The normalized spacial score (nSPS) is 15.5. The van der Waals surface area contributed by atoms with Gasteiger partial charge in [0.2, 0.25) is 5.91 Å². The number of carbonyl (C=O) groups excluding carboxylic acids is 2. The highest BCUT2D eigenvalue weighted by atomic mass is 16.5. The van der Waals surface area contributed by atoms with Crippen molar-refractivity contribution in [1.82, 2.24) is 10.2 Å². The maximum absolute atomic E-state index is 12.8. The fraction of sp³-hybridized carbons (Fsp3) is 0.423. The van der Waals surface area contributed by atoms with E-state index in [1.54, 1.807) is 0 Å². The molecule has 2 aliphatic rings. The van der Waals surface area contributed by atoms with Gasteiger partial charge in [-0.05, 0) is 41.0 Å². The number of ether oxygens (including phenoxy) is 1. The van der Waals surface area contributed by atoms with Gasteiger partial charge in [0, 0.05) is 24.4 Å². The molecule has 1 atom stereocenters. The molecule has 0 aromatic heterocycles. The first-order valence-electron chi connectivity index (χ1n) is 11.5. The van der Waals surface area contributed by atoms with Gasteiger partial charge >= 0.3 is 12.1 Å². The number of carboxylic acids is 1. The zero-order valence-corrected chi connectivity index (χ0v) is 19.0. The van der Waals surface area contributed by atoms with E-state index in [2.05, 4.69) is 29.6 Å². The first kappa shape index (κ1) is 22.8. The highest BCUT2D eigenvalue weighted by Gasteiger charge is 2.35. The van der Waals surface area contributed by atoms with Crippen molar-refractivity contribution < 1.29 is 24.2 Å². The zero-order chi connectivity index (χ0) is 23.5. The summed E-state index contributed by atoms with van der Waals surface area (Å²) in [5.74, 6) is -1.33. The molecule has 4 rings (SSSR count). The van der Waals surface area contributed by atoms with Crippen LogP contribution >= 0.6 is 0 Å². The van der Waals surface area contributed by atoms with Crippen molar-refractivity contribution in [2.75, 3.05) is 13.2 Å². The summed E-state index contributed by atoms with van der Waals surface area (Å²) in [7, 11) is 0. The van der Waals surface area contributed by atoms with Gasteiger partial charge in [-0.2, -0.15) is 0 Å². The smallest absolute Gasteiger partial charge is 0.407 e. The van der Waals surface area contributed by atoms with Crippen molar-refractivity contribution in [2.45, 2.75) is 51.1 Å².